The Hall–Kier alpha value is -2.80. The van der Waals surface area contributed by atoms with E-state index in [9.17, 15) is 0 Å². The minimum absolute atomic E-state index is 0.0399. The maximum atomic E-state index is 6.55. The van der Waals surface area contributed by atoms with Gasteiger partial charge in [-0.2, -0.15) is 0 Å². The van der Waals surface area contributed by atoms with Gasteiger partial charge < -0.3 is 28.4 Å². The Morgan fingerprint density at radius 3 is 2.12 bits per heavy atom. The van der Waals surface area contributed by atoms with E-state index in [-0.39, 0.29) is 24.9 Å². The third-order valence-corrected chi connectivity index (χ3v) is 7.15. The number of methoxy groups -OCH3 is 3. The maximum absolute atomic E-state index is 6.55. The van der Waals surface area contributed by atoms with Crippen LogP contribution < -0.4 is 33.7 Å². The first-order chi connectivity index (χ1) is 16.1. The van der Waals surface area contributed by atoms with Crippen molar-refractivity contribution in [3.63, 3.8) is 0 Å². The summed E-state index contributed by atoms with van der Waals surface area (Å²) in [5, 5.41) is 3.81. The molecule has 0 radical (unpaired) electrons. The van der Waals surface area contributed by atoms with E-state index in [4.69, 9.17) is 28.4 Å². The molecule has 0 bridgehead atoms. The summed E-state index contributed by atoms with van der Waals surface area (Å²) in [6.45, 7) is 2.47. The molecule has 7 nitrogen and oxygen atoms in total. The second-order valence-corrected chi connectivity index (χ2v) is 9.08. The average Bonchev–Trinajstić information content (AvgIpc) is 3.30. The van der Waals surface area contributed by atoms with Crippen molar-refractivity contribution < 1.29 is 28.4 Å². The molecule has 3 atom stereocenters. The zero-order chi connectivity index (χ0) is 22.9. The average molecular weight is 456 g/mol. The van der Waals surface area contributed by atoms with Crippen LogP contribution in [0.1, 0.15) is 56.1 Å². The molecule has 0 unspecified atom stereocenters. The second kappa shape index (κ2) is 9.21. The maximum Gasteiger partial charge on any atom is 0.231 e. The molecule has 2 aliphatic heterocycles. The van der Waals surface area contributed by atoms with Crippen LogP contribution in [0.3, 0.4) is 0 Å². The monoisotopic (exact) mass is 455 g/mol. The molecule has 0 saturated heterocycles. The van der Waals surface area contributed by atoms with Gasteiger partial charge in [-0.05, 0) is 36.6 Å². The molecular formula is C26H33NO6. The van der Waals surface area contributed by atoms with Crippen molar-refractivity contribution in [1.29, 1.82) is 0 Å². The third-order valence-electron chi connectivity index (χ3n) is 7.15. The van der Waals surface area contributed by atoms with Gasteiger partial charge in [0.2, 0.25) is 12.5 Å². The number of hydrogen-bond acceptors (Lipinski definition) is 7. The lowest BCUT2D eigenvalue weighted by atomic mass is 9.78. The Bertz CT molecular complexity index is 978. The van der Waals surface area contributed by atoms with Crippen molar-refractivity contribution in [2.45, 2.75) is 57.2 Å². The summed E-state index contributed by atoms with van der Waals surface area (Å²) in [7, 11) is 4.92. The first-order valence-electron chi connectivity index (χ1n) is 11.8. The summed E-state index contributed by atoms with van der Waals surface area (Å²) in [6.07, 6.45) is 6.11. The molecular weight excluding hydrogens is 422 g/mol. The summed E-state index contributed by atoms with van der Waals surface area (Å²) in [5.41, 5.74) is 2.15. The van der Waals surface area contributed by atoms with E-state index in [1.165, 1.54) is 32.1 Å². The van der Waals surface area contributed by atoms with Crippen LogP contribution in [-0.4, -0.2) is 40.4 Å². The number of hydrogen-bond donors (Lipinski definition) is 1. The van der Waals surface area contributed by atoms with Crippen molar-refractivity contribution in [3.05, 3.63) is 35.4 Å². The quantitative estimate of drug-likeness (QED) is 0.668. The van der Waals surface area contributed by atoms with Crippen molar-refractivity contribution in [1.82, 2.24) is 5.32 Å². The summed E-state index contributed by atoms with van der Waals surface area (Å²) >= 11 is 0. The highest BCUT2D eigenvalue weighted by Crippen LogP contribution is 2.51. The Balaban J connectivity index is 1.58. The minimum atomic E-state index is -0.120. The Kier molecular flexibility index (Phi) is 6.15. The van der Waals surface area contributed by atoms with Gasteiger partial charge in [-0.1, -0.05) is 26.2 Å². The number of benzene rings is 2. The van der Waals surface area contributed by atoms with E-state index in [0.29, 0.717) is 23.3 Å². The van der Waals surface area contributed by atoms with Gasteiger partial charge in [-0.3, -0.25) is 5.32 Å². The van der Waals surface area contributed by atoms with E-state index < -0.39 is 0 Å². The van der Waals surface area contributed by atoms with Crippen LogP contribution >= 0.6 is 0 Å². The zero-order valence-electron chi connectivity index (χ0n) is 19.8. The fourth-order valence-corrected chi connectivity index (χ4v) is 5.44. The van der Waals surface area contributed by atoms with Gasteiger partial charge in [0.1, 0.15) is 5.75 Å². The molecule has 1 fully saturated rings. The van der Waals surface area contributed by atoms with E-state index in [0.717, 1.165) is 28.4 Å². The molecule has 7 heteroatoms. The van der Waals surface area contributed by atoms with Gasteiger partial charge in [-0.25, -0.2) is 0 Å². The van der Waals surface area contributed by atoms with Gasteiger partial charge in [-0.15, -0.1) is 0 Å². The van der Waals surface area contributed by atoms with E-state index in [1.807, 2.05) is 18.2 Å². The standard InChI is InChI=1S/C26H33NO6/c1-15-24(16-10-22(28-2)25(30-4)23(11-16)29-3)18-12-20-21(32-14-31-20)13-19(18)33-26(15)27-17-8-6-5-7-9-17/h10-13,15,17,24,26-27H,5-9,14H2,1-4H3/t15-,24+,26-/m0/s1. The molecule has 1 saturated carbocycles. The fraction of sp³-hybridized carbons (Fsp3) is 0.538. The SMILES string of the molecule is COc1cc([C@@H]2c3cc4c(cc3O[C@H](NC3CCCCC3)[C@H]2C)OCO4)cc(OC)c1OC. The second-order valence-electron chi connectivity index (χ2n) is 9.08. The zero-order valence-corrected chi connectivity index (χ0v) is 19.8. The highest BCUT2D eigenvalue weighted by atomic mass is 16.7. The molecule has 3 aliphatic rings. The summed E-state index contributed by atoms with van der Waals surface area (Å²) in [5.74, 6) is 4.37. The lowest BCUT2D eigenvalue weighted by Gasteiger charge is -2.41. The number of fused-ring (bicyclic) bond motifs is 2. The van der Waals surface area contributed by atoms with Crippen LogP contribution in [0.15, 0.2) is 24.3 Å². The molecule has 2 heterocycles. The van der Waals surface area contributed by atoms with Crippen LogP contribution in [0.5, 0.6) is 34.5 Å². The predicted octanol–water partition coefficient (Wildman–Crippen LogP) is 4.85. The van der Waals surface area contributed by atoms with Crippen molar-refractivity contribution in [2.75, 3.05) is 28.1 Å². The van der Waals surface area contributed by atoms with Gasteiger partial charge in [0.15, 0.2) is 29.2 Å². The van der Waals surface area contributed by atoms with Crippen molar-refractivity contribution in [2.24, 2.45) is 5.92 Å². The molecule has 1 aliphatic carbocycles. The number of ether oxygens (including phenoxy) is 6. The first-order valence-corrected chi connectivity index (χ1v) is 11.8. The third kappa shape index (κ3) is 4.03. The summed E-state index contributed by atoms with van der Waals surface area (Å²) in [6, 6.07) is 8.57. The summed E-state index contributed by atoms with van der Waals surface area (Å²) < 4.78 is 34.8. The number of nitrogens with one attached hydrogen (secondary N) is 1. The van der Waals surface area contributed by atoms with Gasteiger partial charge in [0, 0.05) is 29.5 Å². The van der Waals surface area contributed by atoms with E-state index in [2.05, 4.69) is 18.3 Å². The molecule has 178 valence electrons. The molecule has 0 aromatic heterocycles. The molecule has 2 aromatic rings. The Morgan fingerprint density at radius 2 is 1.48 bits per heavy atom. The Morgan fingerprint density at radius 1 is 0.818 bits per heavy atom. The van der Waals surface area contributed by atoms with Crippen LogP contribution in [0, 0.1) is 5.92 Å². The summed E-state index contributed by atoms with van der Waals surface area (Å²) in [4.78, 5) is 0. The highest BCUT2D eigenvalue weighted by Gasteiger charge is 2.40. The van der Waals surface area contributed by atoms with Gasteiger partial charge >= 0.3 is 0 Å². The lowest BCUT2D eigenvalue weighted by Crippen LogP contribution is -2.50. The first kappa shape index (κ1) is 22.0. The van der Waals surface area contributed by atoms with Gasteiger partial charge in [0.05, 0.1) is 21.3 Å². The number of rotatable bonds is 6. The van der Waals surface area contributed by atoms with E-state index >= 15 is 0 Å². The molecule has 2 aromatic carbocycles. The molecule has 0 spiro atoms. The molecule has 5 rings (SSSR count). The van der Waals surface area contributed by atoms with Crippen LogP contribution in [-0.2, 0) is 0 Å². The Labute approximate surface area is 195 Å². The minimum Gasteiger partial charge on any atom is -0.493 e. The van der Waals surface area contributed by atoms with Crippen LogP contribution in [0.25, 0.3) is 0 Å². The van der Waals surface area contributed by atoms with E-state index in [1.54, 1.807) is 21.3 Å². The highest BCUT2D eigenvalue weighted by molar-refractivity contribution is 5.60. The van der Waals surface area contributed by atoms with Crippen LogP contribution in [0.2, 0.25) is 0 Å². The molecule has 33 heavy (non-hydrogen) atoms. The predicted molar refractivity (Wildman–Crippen MR) is 124 cm³/mol. The topological polar surface area (TPSA) is 67.4 Å². The normalized spacial score (nSPS) is 24.1. The van der Waals surface area contributed by atoms with Crippen molar-refractivity contribution >= 4 is 0 Å². The smallest absolute Gasteiger partial charge is 0.231 e. The molecule has 1 N–H and O–H groups in total. The molecule has 0 amide bonds. The largest absolute Gasteiger partial charge is 0.493 e. The lowest BCUT2D eigenvalue weighted by molar-refractivity contribution is 0.0621. The fourth-order valence-electron chi connectivity index (χ4n) is 5.44. The van der Waals surface area contributed by atoms with Crippen LogP contribution in [0.4, 0.5) is 0 Å². The van der Waals surface area contributed by atoms with Crippen molar-refractivity contribution in [3.8, 4) is 34.5 Å². The van der Waals surface area contributed by atoms with Gasteiger partial charge in [0.25, 0.3) is 0 Å².